The number of ether oxygens (including phenoxy) is 2. The number of alkyl halides is 2. The first-order valence-electron chi connectivity index (χ1n) is 5.35. The maximum Gasteiger partial charge on any atom is 0.387 e. The summed E-state index contributed by atoms with van der Waals surface area (Å²) >= 11 is 3.95. The molecule has 102 valence electrons. The Kier molecular flexibility index (Phi) is 5.57. The number of nitriles is 1. The summed E-state index contributed by atoms with van der Waals surface area (Å²) in [6.45, 7) is -1.23. The molecule has 0 N–H and O–H groups in total. The number of hydrogen-bond donors (Lipinski definition) is 1. The van der Waals surface area contributed by atoms with Crippen molar-refractivity contribution in [1.82, 2.24) is 0 Å². The lowest BCUT2D eigenvalue weighted by molar-refractivity contribution is -0.142. The fraction of sp³-hybridized carbons (Fsp3) is 0.333. The second kappa shape index (κ2) is 6.95. The van der Waals surface area contributed by atoms with E-state index >= 15 is 0 Å². The van der Waals surface area contributed by atoms with Crippen LogP contribution in [-0.2, 0) is 16.0 Å². The van der Waals surface area contributed by atoms with Gasteiger partial charge in [0.25, 0.3) is 0 Å². The molecule has 0 heterocycles. The van der Waals surface area contributed by atoms with Gasteiger partial charge in [0.05, 0.1) is 18.6 Å². The van der Waals surface area contributed by atoms with Gasteiger partial charge >= 0.3 is 12.6 Å². The molecule has 0 aliphatic heterocycles. The zero-order chi connectivity index (χ0) is 14.4. The van der Waals surface area contributed by atoms with Crippen molar-refractivity contribution in [2.24, 2.45) is 0 Å². The molecule has 1 aromatic carbocycles. The highest BCUT2D eigenvalue weighted by molar-refractivity contribution is 7.80. The van der Waals surface area contributed by atoms with Gasteiger partial charge in [-0.1, -0.05) is 6.07 Å². The first kappa shape index (κ1) is 15.2. The molecular weight excluding hydrogens is 276 g/mol. The Hall–Kier alpha value is -1.81. The second-order valence-corrected chi connectivity index (χ2v) is 3.90. The Labute approximate surface area is 114 Å². The van der Waals surface area contributed by atoms with Crippen LogP contribution in [0.1, 0.15) is 18.1 Å². The average molecular weight is 287 g/mol. The molecule has 0 fully saturated rings. The summed E-state index contributed by atoms with van der Waals surface area (Å²) in [5.74, 6) is -0.878. The molecule has 0 aliphatic rings. The minimum atomic E-state index is -3.07. The van der Waals surface area contributed by atoms with Crippen molar-refractivity contribution in [1.29, 1.82) is 5.26 Å². The molecule has 0 radical (unpaired) electrons. The zero-order valence-electron chi connectivity index (χ0n) is 10.0. The SMILES string of the molecule is CCOC(=O)Cc1ccc(S)c(OC(F)F)c1C#N. The van der Waals surface area contributed by atoms with Gasteiger partial charge in [-0.3, -0.25) is 4.79 Å². The highest BCUT2D eigenvalue weighted by atomic mass is 32.1. The van der Waals surface area contributed by atoms with E-state index in [4.69, 9.17) is 10.00 Å². The fourth-order valence-corrected chi connectivity index (χ4v) is 1.70. The molecule has 0 atom stereocenters. The minimum absolute atomic E-state index is 0.101. The van der Waals surface area contributed by atoms with Gasteiger partial charge in [-0.15, -0.1) is 12.6 Å². The lowest BCUT2D eigenvalue weighted by Gasteiger charge is -2.12. The summed E-state index contributed by atoms with van der Waals surface area (Å²) in [5, 5.41) is 9.02. The molecule has 1 aromatic rings. The standard InChI is InChI=1S/C12H11F2NO3S/c1-2-17-10(16)5-7-3-4-9(19)11(8(7)6-15)18-12(13)14/h3-4,12,19H,2,5H2,1H3. The van der Waals surface area contributed by atoms with Gasteiger partial charge in [0.2, 0.25) is 0 Å². The van der Waals surface area contributed by atoms with Crippen molar-refractivity contribution < 1.29 is 23.0 Å². The van der Waals surface area contributed by atoms with E-state index in [0.29, 0.717) is 0 Å². The number of nitrogens with zero attached hydrogens (tertiary/aromatic N) is 1. The van der Waals surface area contributed by atoms with Gasteiger partial charge in [0.1, 0.15) is 6.07 Å². The van der Waals surface area contributed by atoms with Crippen molar-refractivity contribution in [3.63, 3.8) is 0 Å². The van der Waals surface area contributed by atoms with E-state index in [2.05, 4.69) is 17.4 Å². The van der Waals surface area contributed by atoms with Crippen LogP contribution in [0.25, 0.3) is 0 Å². The number of rotatable bonds is 5. The Morgan fingerprint density at radius 1 is 1.53 bits per heavy atom. The summed E-state index contributed by atoms with van der Waals surface area (Å²) in [6, 6.07) is 4.58. The van der Waals surface area contributed by atoms with Crippen LogP contribution in [0.5, 0.6) is 5.75 Å². The predicted octanol–water partition coefficient (Wildman–Crippen LogP) is 2.55. The Morgan fingerprint density at radius 3 is 2.74 bits per heavy atom. The van der Waals surface area contributed by atoms with E-state index in [9.17, 15) is 13.6 Å². The highest BCUT2D eigenvalue weighted by Crippen LogP contribution is 2.31. The molecule has 0 spiro atoms. The van der Waals surface area contributed by atoms with Gasteiger partial charge in [-0.05, 0) is 18.6 Å². The quantitative estimate of drug-likeness (QED) is 0.668. The number of carbonyl (C=O) groups is 1. The van der Waals surface area contributed by atoms with E-state index in [1.807, 2.05) is 0 Å². The Morgan fingerprint density at radius 2 is 2.21 bits per heavy atom. The smallest absolute Gasteiger partial charge is 0.387 e. The van der Waals surface area contributed by atoms with Crippen LogP contribution in [0.15, 0.2) is 17.0 Å². The molecule has 0 bridgehead atoms. The van der Waals surface area contributed by atoms with E-state index in [1.54, 1.807) is 13.0 Å². The molecule has 0 saturated carbocycles. The van der Waals surface area contributed by atoms with Crippen LogP contribution in [0.2, 0.25) is 0 Å². The van der Waals surface area contributed by atoms with Crippen LogP contribution < -0.4 is 4.74 Å². The van der Waals surface area contributed by atoms with Crippen molar-refractivity contribution >= 4 is 18.6 Å². The Bertz CT molecular complexity index is 514. The largest absolute Gasteiger partial charge is 0.466 e. The molecule has 4 nitrogen and oxygen atoms in total. The lowest BCUT2D eigenvalue weighted by atomic mass is 10.0. The third kappa shape index (κ3) is 4.10. The van der Waals surface area contributed by atoms with Gasteiger partial charge in [0, 0.05) is 4.90 Å². The molecule has 0 saturated heterocycles. The van der Waals surface area contributed by atoms with E-state index in [1.165, 1.54) is 12.1 Å². The first-order valence-corrected chi connectivity index (χ1v) is 5.79. The molecule has 0 unspecified atom stereocenters. The van der Waals surface area contributed by atoms with Crippen LogP contribution in [0.3, 0.4) is 0 Å². The van der Waals surface area contributed by atoms with Crippen molar-refractivity contribution in [3.8, 4) is 11.8 Å². The van der Waals surface area contributed by atoms with Crippen LogP contribution >= 0.6 is 12.6 Å². The molecule has 19 heavy (non-hydrogen) atoms. The third-order valence-electron chi connectivity index (χ3n) is 2.18. The average Bonchev–Trinajstić information content (AvgIpc) is 2.33. The van der Waals surface area contributed by atoms with Gasteiger partial charge in [-0.25, -0.2) is 0 Å². The van der Waals surface area contributed by atoms with Gasteiger partial charge < -0.3 is 9.47 Å². The zero-order valence-corrected chi connectivity index (χ0v) is 10.9. The summed E-state index contributed by atoms with van der Waals surface area (Å²) in [5.41, 5.74) is 0.121. The van der Waals surface area contributed by atoms with Crippen molar-refractivity contribution in [2.45, 2.75) is 24.9 Å². The fourth-order valence-electron chi connectivity index (χ4n) is 1.46. The monoisotopic (exact) mass is 287 g/mol. The third-order valence-corrected chi connectivity index (χ3v) is 2.53. The van der Waals surface area contributed by atoms with Crippen LogP contribution in [-0.4, -0.2) is 19.2 Å². The van der Waals surface area contributed by atoms with Gasteiger partial charge in [0.15, 0.2) is 5.75 Å². The Balaban J connectivity index is 3.13. The molecule has 0 aromatic heterocycles. The molecule has 0 aliphatic carbocycles. The van der Waals surface area contributed by atoms with Crippen LogP contribution in [0, 0.1) is 11.3 Å². The summed E-state index contributed by atoms with van der Waals surface area (Å²) in [4.78, 5) is 11.5. The maximum absolute atomic E-state index is 12.3. The number of benzene rings is 1. The number of hydrogen-bond acceptors (Lipinski definition) is 5. The normalized spacial score (nSPS) is 10.1. The van der Waals surface area contributed by atoms with E-state index in [-0.39, 0.29) is 34.8 Å². The molecule has 7 heteroatoms. The van der Waals surface area contributed by atoms with E-state index in [0.717, 1.165) is 0 Å². The summed E-state index contributed by atoms with van der Waals surface area (Å²) < 4.78 is 33.6. The predicted molar refractivity (Wildman–Crippen MR) is 65.4 cm³/mol. The highest BCUT2D eigenvalue weighted by Gasteiger charge is 2.18. The molecular formula is C12H11F2NO3S. The number of halogens is 2. The van der Waals surface area contributed by atoms with Crippen molar-refractivity contribution in [2.75, 3.05) is 6.61 Å². The van der Waals surface area contributed by atoms with Crippen LogP contribution in [0.4, 0.5) is 8.78 Å². The van der Waals surface area contributed by atoms with E-state index < -0.39 is 12.6 Å². The molecule has 0 amide bonds. The first-order chi connectivity index (χ1) is 8.99. The number of carbonyl (C=O) groups excluding carboxylic acids is 1. The van der Waals surface area contributed by atoms with Gasteiger partial charge in [-0.2, -0.15) is 14.0 Å². The number of esters is 1. The second-order valence-electron chi connectivity index (χ2n) is 3.42. The topological polar surface area (TPSA) is 59.3 Å². The minimum Gasteiger partial charge on any atom is -0.466 e. The summed E-state index contributed by atoms with van der Waals surface area (Å²) in [7, 11) is 0. The van der Waals surface area contributed by atoms with Crippen molar-refractivity contribution in [3.05, 3.63) is 23.3 Å². The maximum atomic E-state index is 12.3. The summed E-state index contributed by atoms with van der Waals surface area (Å²) in [6.07, 6.45) is -0.190. The molecule has 1 rings (SSSR count). The number of thiol groups is 1. The lowest BCUT2D eigenvalue weighted by Crippen LogP contribution is -2.11.